The molecule has 5 rings (SSSR count). The monoisotopic (exact) mass is 581 g/mol. The second kappa shape index (κ2) is 14.0. The van der Waals surface area contributed by atoms with E-state index in [2.05, 4.69) is 26.7 Å². The molecule has 1 unspecified atom stereocenters. The van der Waals surface area contributed by atoms with Crippen LogP contribution in [0.5, 0.6) is 0 Å². The average molecular weight is 582 g/mol. The van der Waals surface area contributed by atoms with Crippen molar-refractivity contribution < 1.29 is 13.9 Å². The second-order valence-corrected chi connectivity index (χ2v) is 11.1. The lowest BCUT2D eigenvalue weighted by Gasteiger charge is -2.20. The lowest BCUT2D eigenvalue weighted by molar-refractivity contribution is -0.111. The number of thiophene rings is 1. The minimum atomic E-state index is -0.280. The molecule has 42 heavy (non-hydrogen) atoms. The van der Waals surface area contributed by atoms with Crippen LogP contribution >= 0.6 is 11.3 Å². The smallest absolute Gasteiger partial charge is 0.248 e. The SMILES string of the molecule is CN(C)CC=CC(=O)Nc1ccc(-c2cc3c(NC(COCc4cccc(F)c4)c4ccccc4)ncnc3s2)cc1. The number of hydrogen-bond acceptors (Lipinski definition) is 7. The summed E-state index contributed by atoms with van der Waals surface area (Å²) in [4.78, 5) is 25.1. The molecule has 2 N–H and O–H groups in total. The quantitative estimate of drug-likeness (QED) is 0.156. The summed E-state index contributed by atoms with van der Waals surface area (Å²) in [6, 6.07) is 26.1. The molecular formula is C33H32FN5O2S. The van der Waals surface area contributed by atoms with Crippen LogP contribution in [0.4, 0.5) is 15.9 Å². The second-order valence-electron chi connectivity index (χ2n) is 10.0. The third kappa shape index (κ3) is 7.85. The van der Waals surface area contributed by atoms with Gasteiger partial charge in [-0.2, -0.15) is 0 Å². The topological polar surface area (TPSA) is 79.4 Å². The highest BCUT2D eigenvalue weighted by atomic mass is 32.1. The minimum Gasteiger partial charge on any atom is -0.374 e. The summed E-state index contributed by atoms with van der Waals surface area (Å²) in [5.41, 5.74) is 3.57. The first-order chi connectivity index (χ1) is 20.4. The van der Waals surface area contributed by atoms with E-state index in [1.807, 2.05) is 85.7 Å². The van der Waals surface area contributed by atoms with Crippen LogP contribution in [0.2, 0.25) is 0 Å². The lowest BCUT2D eigenvalue weighted by atomic mass is 10.1. The van der Waals surface area contributed by atoms with E-state index in [9.17, 15) is 9.18 Å². The van der Waals surface area contributed by atoms with Crippen LogP contribution in [-0.2, 0) is 16.1 Å². The highest BCUT2D eigenvalue weighted by Gasteiger charge is 2.17. The van der Waals surface area contributed by atoms with E-state index in [-0.39, 0.29) is 17.8 Å². The molecule has 0 aliphatic carbocycles. The van der Waals surface area contributed by atoms with E-state index >= 15 is 0 Å². The fourth-order valence-corrected chi connectivity index (χ4v) is 5.38. The lowest BCUT2D eigenvalue weighted by Crippen LogP contribution is -2.18. The van der Waals surface area contributed by atoms with Crippen LogP contribution in [0.25, 0.3) is 20.7 Å². The van der Waals surface area contributed by atoms with Crippen LogP contribution in [0.15, 0.2) is 103 Å². The zero-order valence-corrected chi connectivity index (χ0v) is 24.3. The zero-order valence-electron chi connectivity index (χ0n) is 23.5. The highest BCUT2D eigenvalue weighted by molar-refractivity contribution is 7.21. The number of likely N-dealkylation sites (N-methyl/N-ethyl adjacent to an activating group) is 1. The number of anilines is 2. The summed E-state index contributed by atoms with van der Waals surface area (Å²) in [7, 11) is 3.90. The molecule has 0 bridgehead atoms. The number of nitrogens with zero attached hydrogens (tertiary/aromatic N) is 3. The van der Waals surface area contributed by atoms with Crippen molar-refractivity contribution in [1.29, 1.82) is 0 Å². The molecule has 214 valence electrons. The van der Waals surface area contributed by atoms with Gasteiger partial charge in [0.1, 0.15) is 22.8 Å². The molecule has 3 aromatic carbocycles. The van der Waals surface area contributed by atoms with Crippen LogP contribution in [0, 0.1) is 5.82 Å². The largest absolute Gasteiger partial charge is 0.374 e. The number of hydrogen-bond donors (Lipinski definition) is 2. The molecule has 1 atom stereocenters. The van der Waals surface area contributed by atoms with Crippen LogP contribution in [-0.4, -0.2) is 48.0 Å². The maximum absolute atomic E-state index is 13.6. The Kier molecular flexibility index (Phi) is 9.66. The van der Waals surface area contributed by atoms with Gasteiger partial charge in [0, 0.05) is 23.2 Å². The van der Waals surface area contributed by atoms with Gasteiger partial charge in [-0.1, -0.05) is 60.7 Å². The number of fused-ring (bicyclic) bond motifs is 1. The maximum Gasteiger partial charge on any atom is 0.248 e. The van der Waals surface area contributed by atoms with Crippen molar-refractivity contribution in [2.75, 3.05) is 37.9 Å². The molecule has 0 radical (unpaired) electrons. The molecule has 0 saturated heterocycles. The minimum absolute atomic E-state index is 0.162. The number of benzene rings is 3. The Bertz CT molecular complexity index is 1650. The van der Waals surface area contributed by atoms with E-state index in [1.54, 1.807) is 29.8 Å². The van der Waals surface area contributed by atoms with Gasteiger partial charge in [-0.3, -0.25) is 4.79 Å². The van der Waals surface area contributed by atoms with Gasteiger partial charge in [0.05, 0.1) is 24.6 Å². The van der Waals surface area contributed by atoms with E-state index in [1.165, 1.54) is 12.1 Å². The summed E-state index contributed by atoms with van der Waals surface area (Å²) in [6.07, 6.45) is 4.93. The number of carbonyl (C=O) groups is 1. The Morgan fingerprint density at radius 1 is 1.02 bits per heavy atom. The van der Waals surface area contributed by atoms with Gasteiger partial charge in [0.15, 0.2) is 0 Å². The Morgan fingerprint density at radius 3 is 2.60 bits per heavy atom. The maximum atomic E-state index is 13.6. The van der Waals surface area contributed by atoms with E-state index in [4.69, 9.17) is 4.74 Å². The molecule has 0 spiro atoms. The zero-order chi connectivity index (χ0) is 29.3. The molecule has 2 heterocycles. The fraction of sp³-hybridized carbons (Fsp3) is 0.182. The van der Waals surface area contributed by atoms with Crippen LogP contribution in [0.3, 0.4) is 0 Å². The van der Waals surface area contributed by atoms with Gasteiger partial charge in [0.2, 0.25) is 5.91 Å². The number of halogens is 1. The van der Waals surface area contributed by atoms with Crippen molar-refractivity contribution in [2.24, 2.45) is 0 Å². The Labute approximate surface area is 248 Å². The third-order valence-electron chi connectivity index (χ3n) is 6.46. The predicted molar refractivity (Wildman–Crippen MR) is 168 cm³/mol. The van der Waals surface area contributed by atoms with E-state index in [0.29, 0.717) is 25.6 Å². The molecule has 0 fully saturated rings. The summed E-state index contributed by atoms with van der Waals surface area (Å²) in [5, 5.41) is 7.36. The first kappa shape index (κ1) is 29.1. The van der Waals surface area contributed by atoms with Crippen molar-refractivity contribution in [3.05, 3.63) is 120 Å². The molecule has 7 nitrogen and oxygen atoms in total. The summed E-state index contributed by atoms with van der Waals surface area (Å²) in [5.74, 6) is 0.266. The van der Waals surface area contributed by atoms with E-state index < -0.39 is 0 Å². The summed E-state index contributed by atoms with van der Waals surface area (Å²) in [6.45, 7) is 1.36. The van der Waals surface area contributed by atoms with Crippen molar-refractivity contribution in [3.63, 3.8) is 0 Å². The fourth-order valence-electron chi connectivity index (χ4n) is 4.38. The number of rotatable bonds is 12. The molecule has 0 saturated carbocycles. The Hall–Kier alpha value is -4.44. The number of amides is 1. The predicted octanol–water partition coefficient (Wildman–Crippen LogP) is 6.92. The molecule has 2 aromatic heterocycles. The van der Waals surface area contributed by atoms with Gasteiger partial charge in [-0.05, 0) is 61.1 Å². The Balaban J connectivity index is 1.31. The van der Waals surface area contributed by atoms with Crippen LogP contribution in [0.1, 0.15) is 17.2 Å². The van der Waals surface area contributed by atoms with Crippen molar-refractivity contribution >= 4 is 39.0 Å². The standard InChI is InChI=1S/C33H32FN5O2S/c1-39(2)17-7-12-31(40)37-27-15-13-25(14-16-27)30-19-28-32(35-22-36-33(28)42-30)38-29(24-9-4-3-5-10-24)21-41-20-23-8-6-11-26(34)18-23/h3-16,18-19,22,29H,17,20-21H2,1-2H3,(H,37,40)(H,35,36,38). The van der Waals surface area contributed by atoms with E-state index in [0.717, 1.165) is 37.5 Å². The summed E-state index contributed by atoms with van der Waals surface area (Å²) < 4.78 is 19.6. The number of ether oxygens (including phenoxy) is 1. The third-order valence-corrected chi connectivity index (χ3v) is 7.55. The average Bonchev–Trinajstić information content (AvgIpc) is 3.43. The molecule has 1 amide bonds. The van der Waals surface area contributed by atoms with Gasteiger partial charge < -0.3 is 20.3 Å². The summed E-state index contributed by atoms with van der Waals surface area (Å²) >= 11 is 1.58. The van der Waals surface area contributed by atoms with Gasteiger partial charge in [-0.25, -0.2) is 14.4 Å². The number of aromatic nitrogens is 2. The molecule has 5 aromatic rings. The molecule has 9 heteroatoms. The van der Waals surface area contributed by atoms with Gasteiger partial charge in [0.25, 0.3) is 0 Å². The molecule has 0 aliphatic rings. The van der Waals surface area contributed by atoms with Crippen molar-refractivity contribution in [3.8, 4) is 10.4 Å². The molecule has 0 aliphatic heterocycles. The van der Waals surface area contributed by atoms with Crippen LogP contribution < -0.4 is 10.6 Å². The van der Waals surface area contributed by atoms with Crippen molar-refractivity contribution in [2.45, 2.75) is 12.6 Å². The number of carbonyl (C=O) groups excluding carboxylic acids is 1. The van der Waals surface area contributed by atoms with Gasteiger partial charge >= 0.3 is 0 Å². The number of nitrogens with one attached hydrogen (secondary N) is 2. The van der Waals surface area contributed by atoms with Gasteiger partial charge in [-0.15, -0.1) is 11.3 Å². The first-order valence-corrected chi connectivity index (χ1v) is 14.4. The highest BCUT2D eigenvalue weighted by Crippen LogP contribution is 2.36. The Morgan fingerprint density at radius 2 is 1.83 bits per heavy atom. The normalized spacial score (nSPS) is 12.2. The molecular weight excluding hydrogens is 549 g/mol. The van der Waals surface area contributed by atoms with Crippen molar-refractivity contribution in [1.82, 2.24) is 14.9 Å². The first-order valence-electron chi connectivity index (χ1n) is 13.6.